The molecule has 0 atom stereocenters. The zero-order valence-corrected chi connectivity index (χ0v) is 15.5. The van der Waals surface area contributed by atoms with Gasteiger partial charge in [0.2, 0.25) is 0 Å². The molecule has 23 heavy (non-hydrogen) atoms. The lowest BCUT2D eigenvalue weighted by Crippen LogP contribution is -2.55. The van der Waals surface area contributed by atoms with Crippen molar-refractivity contribution in [2.45, 2.75) is 19.1 Å². The fourth-order valence-electron chi connectivity index (χ4n) is 2.64. The normalized spacial score (nSPS) is 14.8. The molecule has 0 bridgehead atoms. The molecule has 3 nitrogen and oxygen atoms in total. The van der Waals surface area contributed by atoms with Crippen LogP contribution in [0.5, 0.6) is 0 Å². The number of likely N-dealkylation sites (N-methyl/N-ethyl adjacent to an activating group) is 1. The van der Waals surface area contributed by atoms with Gasteiger partial charge in [0.15, 0.2) is 0 Å². The summed E-state index contributed by atoms with van der Waals surface area (Å²) >= 11 is 9.55. The zero-order chi connectivity index (χ0) is 16.2. The van der Waals surface area contributed by atoms with Gasteiger partial charge in [0.1, 0.15) is 0 Å². The van der Waals surface area contributed by atoms with E-state index in [1.165, 1.54) is 11.1 Å². The average molecular weight is 395 g/mol. The predicted octanol–water partition coefficient (Wildman–Crippen LogP) is 4.12. The molecule has 0 radical (unpaired) electrons. The molecule has 5 heteroatoms. The van der Waals surface area contributed by atoms with Crippen molar-refractivity contribution in [2.24, 2.45) is 0 Å². The summed E-state index contributed by atoms with van der Waals surface area (Å²) in [4.78, 5) is 2.41. The summed E-state index contributed by atoms with van der Waals surface area (Å²) in [5.41, 5.74) is 3.67. The Bertz CT molecular complexity index is 673. The molecule has 0 saturated carbocycles. The van der Waals surface area contributed by atoms with E-state index in [1.807, 2.05) is 18.2 Å². The third kappa shape index (κ3) is 4.48. The minimum atomic E-state index is 0.664. The topological polar surface area (TPSA) is 27.3 Å². The van der Waals surface area contributed by atoms with E-state index in [0.717, 1.165) is 41.4 Å². The quantitative estimate of drug-likeness (QED) is 0.772. The van der Waals surface area contributed by atoms with Crippen molar-refractivity contribution in [3.8, 4) is 0 Å². The van der Waals surface area contributed by atoms with Crippen LogP contribution in [0.2, 0.25) is 5.02 Å². The standard InChI is InChI=1S/C18H21BrClN3/c1-23(17-10-21-11-17)12-13-3-2-4-16(7-13)22-9-14-5-6-15(20)8-18(14)19/h2-8,17,21-22H,9-12H2,1H3. The van der Waals surface area contributed by atoms with Gasteiger partial charge in [-0.15, -0.1) is 0 Å². The highest BCUT2D eigenvalue weighted by Crippen LogP contribution is 2.23. The third-order valence-corrected chi connectivity index (χ3v) is 5.21. The van der Waals surface area contributed by atoms with Crippen LogP contribution in [0.15, 0.2) is 46.9 Å². The number of halogens is 2. The maximum absolute atomic E-state index is 5.99. The number of rotatable bonds is 6. The number of hydrogen-bond donors (Lipinski definition) is 2. The molecule has 2 aromatic carbocycles. The molecule has 1 saturated heterocycles. The summed E-state index contributed by atoms with van der Waals surface area (Å²) in [7, 11) is 2.19. The second kappa shape index (κ2) is 7.67. The molecule has 0 aliphatic carbocycles. The summed E-state index contributed by atoms with van der Waals surface area (Å²) in [5.74, 6) is 0. The molecule has 1 fully saturated rings. The fourth-order valence-corrected chi connectivity index (χ4v) is 3.47. The van der Waals surface area contributed by atoms with Crippen LogP contribution >= 0.6 is 27.5 Å². The van der Waals surface area contributed by atoms with Crippen LogP contribution in [-0.4, -0.2) is 31.1 Å². The van der Waals surface area contributed by atoms with Crippen LogP contribution < -0.4 is 10.6 Å². The average Bonchev–Trinajstić information content (AvgIpc) is 2.45. The Morgan fingerprint density at radius 1 is 1.26 bits per heavy atom. The number of anilines is 1. The van der Waals surface area contributed by atoms with E-state index < -0.39 is 0 Å². The first-order valence-electron chi connectivity index (χ1n) is 7.79. The van der Waals surface area contributed by atoms with E-state index in [2.05, 4.69) is 62.8 Å². The Labute approximate surface area is 151 Å². The van der Waals surface area contributed by atoms with E-state index in [9.17, 15) is 0 Å². The molecule has 3 rings (SSSR count). The molecule has 2 N–H and O–H groups in total. The lowest BCUT2D eigenvalue weighted by molar-refractivity contribution is 0.173. The Morgan fingerprint density at radius 3 is 2.78 bits per heavy atom. The van der Waals surface area contributed by atoms with Crippen LogP contribution in [0.4, 0.5) is 5.69 Å². The molecule has 0 amide bonds. The van der Waals surface area contributed by atoms with Crippen molar-refractivity contribution in [1.29, 1.82) is 0 Å². The lowest BCUT2D eigenvalue weighted by Gasteiger charge is -2.35. The van der Waals surface area contributed by atoms with E-state index in [-0.39, 0.29) is 0 Å². The second-order valence-corrected chi connectivity index (χ2v) is 7.31. The third-order valence-electron chi connectivity index (χ3n) is 4.24. The Kier molecular flexibility index (Phi) is 5.59. The molecule has 0 aromatic heterocycles. The molecule has 1 aliphatic rings. The highest BCUT2D eigenvalue weighted by Gasteiger charge is 2.21. The predicted molar refractivity (Wildman–Crippen MR) is 101 cm³/mol. The Balaban J connectivity index is 1.60. The summed E-state index contributed by atoms with van der Waals surface area (Å²) < 4.78 is 1.03. The summed E-state index contributed by atoms with van der Waals surface area (Å²) in [5, 5.41) is 7.55. The van der Waals surface area contributed by atoms with Gasteiger partial charge >= 0.3 is 0 Å². The van der Waals surface area contributed by atoms with Crippen LogP contribution in [0.1, 0.15) is 11.1 Å². The van der Waals surface area contributed by atoms with Crippen molar-refractivity contribution < 1.29 is 0 Å². The number of benzene rings is 2. The van der Waals surface area contributed by atoms with Gasteiger partial charge in [-0.1, -0.05) is 45.7 Å². The SMILES string of the molecule is CN(Cc1cccc(NCc2ccc(Cl)cc2Br)c1)C1CNC1. The van der Waals surface area contributed by atoms with E-state index >= 15 is 0 Å². The first-order chi connectivity index (χ1) is 11.1. The number of hydrogen-bond acceptors (Lipinski definition) is 3. The summed E-state index contributed by atoms with van der Waals surface area (Å²) in [6.07, 6.45) is 0. The van der Waals surface area contributed by atoms with Crippen LogP contribution in [-0.2, 0) is 13.1 Å². The smallest absolute Gasteiger partial charge is 0.0417 e. The molecule has 122 valence electrons. The van der Waals surface area contributed by atoms with Crippen molar-refractivity contribution in [2.75, 3.05) is 25.5 Å². The van der Waals surface area contributed by atoms with Gasteiger partial charge in [0, 0.05) is 47.4 Å². The Hall–Kier alpha value is -1.07. The molecular weight excluding hydrogens is 374 g/mol. The zero-order valence-electron chi connectivity index (χ0n) is 13.2. The van der Waals surface area contributed by atoms with E-state index in [0.29, 0.717) is 6.04 Å². The van der Waals surface area contributed by atoms with Gasteiger partial charge in [0.05, 0.1) is 0 Å². The maximum atomic E-state index is 5.99. The first-order valence-corrected chi connectivity index (χ1v) is 8.96. The van der Waals surface area contributed by atoms with Gasteiger partial charge < -0.3 is 10.6 Å². The minimum absolute atomic E-state index is 0.664. The molecular formula is C18H21BrClN3. The summed E-state index contributed by atoms with van der Waals surface area (Å²) in [6, 6.07) is 15.2. The molecule has 1 heterocycles. The van der Waals surface area contributed by atoms with Crippen molar-refractivity contribution in [3.05, 3.63) is 63.1 Å². The van der Waals surface area contributed by atoms with Crippen molar-refractivity contribution in [3.63, 3.8) is 0 Å². The highest BCUT2D eigenvalue weighted by atomic mass is 79.9. The van der Waals surface area contributed by atoms with Crippen LogP contribution in [0, 0.1) is 0 Å². The number of nitrogens with one attached hydrogen (secondary N) is 2. The van der Waals surface area contributed by atoms with Crippen LogP contribution in [0.3, 0.4) is 0 Å². The summed E-state index contributed by atoms with van der Waals surface area (Å²) in [6.45, 7) is 3.94. The molecule has 2 aromatic rings. The maximum Gasteiger partial charge on any atom is 0.0417 e. The van der Waals surface area contributed by atoms with Gasteiger partial charge in [-0.25, -0.2) is 0 Å². The lowest BCUT2D eigenvalue weighted by atomic mass is 10.1. The highest BCUT2D eigenvalue weighted by molar-refractivity contribution is 9.10. The van der Waals surface area contributed by atoms with Crippen molar-refractivity contribution >= 4 is 33.2 Å². The van der Waals surface area contributed by atoms with Gasteiger partial charge in [0.25, 0.3) is 0 Å². The van der Waals surface area contributed by atoms with E-state index in [1.54, 1.807) is 0 Å². The molecule has 0 spiro atoms. The van der Waals surface area contributed by atoms with Crippen LogP contribution in [0.25, 0.3) is 0 Å². The largest absolute Gasteiger partial charge is 0.381 e. The van der Waals surface area contributed by atoms with Crippen molar-refractivity contribution in [1.82, 2.24) is 10.2 Å². The minimum Gasteiger partial charge on any atom is -0.381 e. The van der Waals surface area contributed by atoms with Gasteiger partial charge in [-0.3, -0.25) is 4.90 Å². The number of nitrogens with zero attached hydrogens (tertiary/aromatic N) is 1. The Morgan fingerprint density at radius 2 is 2.09 bits per heavy atom. The fraction of sp³-hybridized carbons (Fsp3) is 0.333. The van der Waals surface area contributed by atoms with Gasteiger partial charge in [-0.2, -0.15) is 0 Å². The monoisotopic (exact) mass is 393 g/mol. The van der Waals surface area contributed by atoms with Gasteiger partial charge in [-0.05, 0) is 42.4 Å². The van der Waals surface area contributed by atoms with E-state index in [4.69, 9.17) is 11.6 Å². The molecule has 0 unspecified atom stereocenters. The molecule has 1 aliphatic heterocycles. The second-order valence-electron chi connectivity index (χ2n) is 6.02. The first kappa shape index (κ1) is 16.8.